The fourth-order valence-corrected chi connectivity index (χ4v) is 0.649. The van der Waals surface area contributed by atoms with Crippen LogP contribution in [0.15, 0.2) is 0 Å². The number of carbonyl (C=O) groups excluding carboxylic acids is 1. The first kappa shape index (κ1) is 12.7. The van der Waals surface area contributed by atoms with Crippen LogP contribution in [-0.4, -0.2) is 36.2 Å². The zero-order chi connectivity index (χ0) is 11.1. The molecule has 0 spiro atoms. The number of nitrogens with two attached hydrogens (primary N) is 1. The predicted octanol–water partition coefficient (Wildman–Crippen LogP) is -0.646. The molecule has 0 heterocycles. The molecule has 0 fully saturated rings. The van der Waals surface area contributed by atoms with Crippen molar-refractivity contribution in [3.8, 4) is 0 Å². The Morgan fingerprint density at radius 1 is 1.29 bits per heavy atom. The largest absolute Gasteiger partial charge is 0.480 e. The van der Waals surface area contributed by atoms with Gasteiger partial charge in [0.1, 0.15) is 6.04 Å². The van der Waals surface area contributed by atoms with Crippen LogP contribution in [0.5, 0.6) is 0 Å². The first-order valence-electron chi connectivity index (χ1n) is 4.43. The maximum absolute atomic E-state index is 11.0. The number of hydrogen-bond acceptors (Lipinski definition) is 3. The summed E-state index contributed by atoms with van der Waals surface area (Å²) >= 11 is 0. The van der Waals surface area contributed by atoms with Gasteiger partial charge in [0.25, 0.3) is 0 Å². The molecule has 6 nitrogen and oxygen atoms in total. The lowest BCUT2D eigenvalue weighted by atomic mass is 10.2. The van der Waals surface area contributed by atoms with Gasteiger partial charge in [-0.1, -0.05) is 13.8 Å². The first-order valence-corrected chi connectivity index (χ1v) is 4.43. The predicted molar refractivity (Wildman–Crippen MR) is 51.9 cm³/mol. The van der Waals surface area contributed by atoms with E-state index >= 15 is 0 Å². The van der Waals surface area contributed by atoms with Crippen molar-refractivity contribution in [2.24, 2.45) is 11.7 Å². The second kappa shape index (κ2) is 6.20. The summed E-state index contributed by atoms with van der Waals surface area (Å²) in [6, 6.07) is -1.45. The molecule has 14 heavy (non-hydrogen) atoms. The molecule has 0 aliphatic heterocycles. The van der Waals surface area contributed by atoms with Gasteiger partial charge in [0.2, 0.25) is 0 Å². The van der Waals surface area contributed by atoms with Gasteiger partial charge >= 0.3 is 12.0 Å². The number of nitrogens with one attached hydrogen (secondary N) is 2. The fraction of sp³-hybridized carbons (Fsp3) is 0.750. The van der Waals surface area contributed by atoms with Crippen molar-refractivity contribution in [3.05, 3.63) is 0 Å². The lowest BCUT2D eigenvalue weighted by molar-refractivity contribution is -0.138. The Hall–Kier alpha value is -1.30. The second-order valence-corrected chi connectivity index (χ2v) is 3.43. The quantitative estimate of drug-likeness (QED) is 0.476. The van der Waals surface area contributed by atoms with Gasteiger partial charge in [0, 0.05) is 13.1 Å². The van der Waals surface area contributed by atoms with Crippen LogP contribution in [0.3, 0.4) is 0 Å². The zero-order valence-corrected chi connectivity index (χ0v) is 8.41. The molecule has 0 aromatic carbocycles. The zero-order valence-electron chi connectivity index (χ0n) is 8.41. The minimum absolute atomic E-state index is 0.0702. The molecule has 0 aliphatic rings. The Bertz CT molecular complexity index is 206. The van der Waals surface area contributed by atoms with Crippen LogP contribution >= 0.6 is 0 Å². The van der Waals surface area contributed by atoms with Gasteiger partial charge in [-0.05, 0) is 5.92 Å². The average molecular weight is 203 g/mol. The number of carboxylic acids is 1. The summed E-state index contributed by atoms with van der Waals surface area (Å²) in [5.74, 6) is -0.775. The van der Waals surface area contributed by atoms with E-state index in [1.807, 2.05) is 13.8 Å². The standard InChI is InChI=1S/C8H17N3O3/c1-5(2)3-10-8(14)11-4-6(9)7(12)13/h5-6H,3-4,9H2,1-2H3,(H,12,13)(H2,10,11,14)/t6-/m0/s1. The van der Waals surface area contributed by atoms with Crippen LogP contribution in [0.1, 0.15) is 13.8 Å². The average Bonchev–Trinajstić information content (AvgIpc) is 2.10. The van der Waals surface area contributed by atoms with E-state index in [0.717, 1.165) is 0 Å². The molecule has 6 heteroatoms. The van der Waals surface area contributed by atoms with Crippen LogP contribution in [0, 0.1) is 5.92 Å². The van der Waals surface area contributed by atoms with Crippen molar-refractivity contribution in [1.29, 1.82) is 0 Å². The fourth-order valence-electron chi connectivity index (χ4n) is 0.649. The van der Waals surface area contributed by atoms with E-state index in [1.165, 1.54) is 0 Å². The topological polar surface area (TPSA) is 104 Å². The summed E-state index contributed by atoms with van der Waals surface area (Å²) in [6.07, 6.45) is 0. The highest BCUT2D eigenvalue weighted by atomic mass is 16.4. The molecule has 0 aromatic heterocycles. The monoisotopic (exact) mass is 203 g/mol. The molecule has 0 rings (SSSR count). The van der Waals surface area contributed by atoms with Gasteiger partial charge < -0.3 is 21.5 Å². The van der Waals surface area contributed by atoms with E-state index in [1.54, 1.807) is 0 Å². The Morgan fingerprint density at radius 3 is 2.21 bits per heavy atom. The summed E-state index contributed by atoms with van der Waals surface area (Å²) < 4.78 is 0. The maximum atomic E-state index is 11.0. The summed E-state index contributed by atoms with van der Waals surface area (Å²) in [7, 11) is 0. The van der Waals surface area contributed by atoms with E-state index < -0.39 is 18.0 Å². The second-order valence-electron chi connectivity index (χ2n) is 3.43. The van der Waals surface area contributed by atoms with Gasteiger partial charge in [-0.25, -0.2) is 4.79 Å². The molecule has 2 amide bonds. The highest BCUT2D eigenvalue weighted by molar-refractivity contribution is 5.77. The normalized spacial score (nSPS) is 12.3. The smallest absolute Gasteiger partial charge is 0.322 e. The molecule has 0 aliphatic carbocycles. The van der Waals surface area contributed by atoms with Crippen molar-refractivity contribution < 1.29 is 14.7 Å². The van der Waals surface area contributed by atoms with E-state index in [-0.39, 0.29) is 6.54 Å². The highest BCUT2D eigenvalue weighted by Crippen LogP contribution is 1.86. The van der Waals surface area contributed by atoms with Gasteiger partial charge in [0.05, 0.1) is 0 Å². The van der Waals surface area contributed by atoms with Crippen molar-refractivity contribution in [2.75, 3.05) is 13.1 Å². The molecule has 0 saturated heterocycles. The lowest BCUT2D eigenvalue weighted by Crippen LogP contribution is -2.46. The van der Waals surface area contributed by atoms with Crippen LogP contribution in [0.25, 0.3) is 0 Å². The number of carbonyl (C=O) groups is 2. The number of amides is 2. The number of urea groups is 1. The number of hydrogen-bond donors (Lipinski definition) is 4. The Labute approximate surface area is 82.9 Å². The molecule has 0 radical (unpaired) electrons. The van der Waals surface area contributed by atoms with Crippen molar-refractivity contribution in [3.63, 3.8) is 0 Å². The van der Waals surface area contributed by atoms with Crippen LogP contribution < -0.4 is 16.4 Å². The van der Waals surface area contributed by atoms with Gasteiger partial charge in [-0.3, -0.25) is 4.79 Å². The SMILES string of the molecule is CC(C)CNC(=O)NC[C@H](N)C(=O)O. The highest BCUT2D eigenvalue weighted by Gasteiger charge is 2.12. The van der Waals surface area contributed by atoms with Gasteiger partial charge in [-0.2, -0.15) is 0 Å². The number of carboxylic acid groups (broad SMARTS) is 1. The van der Waals surface area contributed by atoms with E-state index in [4.69, 9.17) is 10.8 Å². The third-order valence-corrected chi connectivity index (χ3v) is 1.47. The Kier molecular flexibility index (Phi) is 5.62. The molecule has 82 valence electrons. The molecule has 5 N–H and O–H groups in total. The first-order chi connectivity index (χ1) is 6.43. The molecular formula is C8H17N3O3. The van der Waals surface area contributed by atoms with Crippen molar-refractivity contribution in [2.45, 2.75) is 19.9 Å². The molecule has 1 atom stereocenters. The maximum Gasteiger partial charge on any atom is 0.322 e. The van der Waals surface area contributed by atoms with Crippen molar-refractivity contribution in [1.82, 2.24) is 10.6 Å². The van der Waals surface area contributed by atoms with Crippen molar-refractivity contribution >= 4 is 12.0 Å². The molecule has 0 saturated carbocycles. The number of rotatable bonds is 5. The van der Waals surface area contributed by atoms with Crippen LogP contribution in [0.4, 0.5) is 4.79 Å². The molecule has 0 aromatic rings. The minimum atomic E-state index is -1.13. The molecular weight excluding hydrogens is 186 g/mol. The Morgan fingerprint density at radius 2 is 1.79 bits per heavy atom. The number of aliphatic carboxylic acids is 1. The van der Waals surface area contributed by atoms with Crippen LogP contribution in [-0.2, 0) is 4.79 Å². The van der Waals surface area contributed by atoms with Gasteiger partial charge in [0.15, 0.2) is 0 Å². The summed E-state index contributed by atoms with van der Waals surface area (Å²) in [5, 5.41) is 13.4. The molecule has 0 unspecified atom stereocenters. The molecule has 0 bridgehead atoms. The third-order valence-electron chi connectivity index (χ3n) is 1.47. The Balaban J connectivity index is 3.59. The summed E-state index contributed by atoms with van der Waals surface area (Å²) in [5.41, 5.74) is 5.18. The van der Waals surface area contributed by atoms with Gasteiger partial charge in [-0.15, -0.1) is 0 Å². The van der Waals surface area contributed by atoms with E-state index in [9.17, 15) is 9.59 Å². The summed E-state index contributed by atoms with van der Waals surface area (Å²) in [4.78, 5) is 21.3. The lowest BCUT2D eigenvalue weighted by Gasteiger charge is -2.10. The van der Waals surface area contributed by atoms with E-state index in [2.05, 4.69) is 10.6 Å². The minimum Gasteiger partial charge on any atom is -0.480 e. The van der Waals surface area contributed by atoms with Crippen LogP contribution in [0.2, 0.25) is 0 Å². The summed E-state index contributed by atoms with van der Waals surface area (Å²) in [6.45, 7) is 4.40. The third kappa shape index (κ3) is 6.24. The van der Waals surface area contributed by atoms with E-state index in [0.29, 0.717) is 12.5 Å².